The average molecular weight is 379 g/mol. The molecule has 0 bridgehead atoms. The zero-order valence-corrected chi connectivity index (χ0v) is 15.3. The minimum atomic E-state index is -1.04. The maximum atomic E-state index is 14.7. The number of carbonyl (C=O) groups is 1. The van der Waals surface area contributed by atoms with Crippen LogP contribution >= 0.6 is 0 Å². The van der Waals surface area contributed by atoms with E-state index in [1.54, 1.807) is 30.3 Å². The third-order valence-corrected chi connectivity index (χ3v) is 5.04. The van der Waals surface area contributed by atoms with Gasteiger partial charge in [-0.1, -0.05) is 24.3 Å². The highest BCUT2D eigenvalue weighted by Crippen LogP contribution is 2.42. The predicted molar refractivity (Wildman–Crippen MR) is 105 cm³/mol. The summed E-state index contributed by atoms with van der Waals surface area (Å²) in [5.74, 6) is -1.48. The number of nitrogens with one attached hydrogen (secondary N) is 1. The number of aryl methyl sites for hydroxylation is 1. The lowest BCUT2D eigenvalue weighted by Crippen LogP contribution is -2.07. The van der Waals surface area contributed by atoms with Gasteiger partial charge >= 0.3 is 5.97 Å². The molecule has 3 aromatic carbocycles. The summed E-state index contributed by atoms with van der Waals surface area (Å²) >= 11 is 0. The fourth-order valence-corrected chi connectivity index (χ4v) is 3.38. The summed E-state index contributed by atoms with van der Waals surface area (Å²) in [6.45, 7) is 1.82. The molecule has 0 saturated heterocycles. The molecule has 1 fully saturated rings. The molecule has 1 aliphatic rings. The molecule has 28 heavy (non-hydrogen) atoms. The number of benzene rings is 3. The highest BCUT2D eigenvalue weighted by molar-refractivity contribution is 5.96. The summed E-state index contributed by atoms with van der Waals surface area (Å²) < 4.78 is 27.8. The summed E-state index contributed by atoms with van der Waals surface area (Å²) in [5.41, 5.74) is 3.83. The van der Waals surface area contributed by atoms with E-state index < -0.39 is 11.8 Å². The number of carboxylic acid groups (broad SMARTS) is 1. The van der Waals surface area contributed by atoms with E-state index in [0.29, 0.717) is 22.7 Å². The fraction of sp³-hybridized carbons (Fsp3) is 0.174. The van der Waals surface area contributed by atoms with Crippen LogP contribution in [0.1, 0.15) is 40.2 Å². The van der Waals surface area contributed by atoms with Crippen LogP contribution in [0.25, 0.3) is 11.1 Å². The van der Waals surface area contributed by atoms with Crippen LogP contribution in [0, 0.1) is 18.6 Å². The van der Waals surface area contributed by atoms with Gasteiger partial charge in [-0.25, -0.2) is 13.6 Å². The number of rotatable bonds is 5. The fourth-order valence-electron chi connectivity index (χ4n) is 3.38. The molecule has 3 nitrogen and oxygen atoms in total. The number of hydrogen-bond acceptors (Lipinski definition) is 2. The standard InChI is InChI=1S/C23H19F2NO2/c1-13-10-17(15-2-3-15)11-19(23(27)28)22(13)26-21-9-6-16(12-20(21)25)14-4-7-18(24)8-5-14/h4-12,15,26H,2-3H2,1H3,(H,27,28). The van der Waals surface area contributed by atoms with E-state index >= 15 is 0 Å². The molecule has 1 aliphatic carbocycles. The van der Waals surface area contributed by atoms with Gasteiger partial charge in [-0.3, -0.25) is 0 Å². The van der Waals surface area contributed by atoms with Crippen LogP contribution in [0.3, 0.4) is 0 Å². The first kappa shape index (κ1) is 18.2. The summed E-state index contributed by atoms with van der Waals surface area (Å²) in [7, 11) is 0. The number of carboxylic acids is 1. The second-order valence-electron chi connectivity index (χ2n) is 7.17. The zero-order valence-electron chi connectivity index (χ0n) is 15.3. The minimum Gasteiger partial charge on any atom is -0.478 e. The predicted octanol–water partition coefficient (Wildman–Crippen LogP) is 6.26. The Bertz CT molecular complexity index is 1060. The van der Waals surface area contributed by atoms with Crippen molar-refractivity contribution in [1.29, 1.82) is 0 Å². The monoisotopic (exact) mass is 379 g/mol. The molecule has 4 rings (SSSR count). The van der Waals surface area contributed by atoms with Crippen LogP contribution in [0.2, 0.25) is 0 Å². The normalized spacial score (nSPS) is 13.4. The lowest BCUT2D eigenvalue weighted by atomic mass is 10.00. The number of hydrogen-bond donors (Lipinski definition) is 2. The van der Waals surface area contributed by atoms with Crippen molar-refractivity contribution < 1.29 is 18.7 Å². The Morgan fingerprint density at radius 1 is 1.00 bits per heavy atom. The van der Waals surface area contributed by atoms with Crippen molar-refractivity contribution in [2.75, 3.05) is 5.32 Å². The van der Waals surface area contributed by atoms with Crippen molar-refractivity contribution in [2.24, 2.45) is 0 Å². The third-order valence-electron chi connectivity index (χ3n) is 5.04. The van der Waals surface area contributed by atoms with E-state index in [1.807, 2.05) is 13.0 Å². The van der Waals surface area contributed by atoms with Crippen molar-refractivity contribution in [2.45, 2.75) is 25.7 Å². The summed E-state index contributed by atoms with van der Waals surface area (Å²) in [4.78, 5) is 11.7. The first-order valence-electron chi connectivity index (χ1n) is 9.12. The lowest BCUT2D eigenvalue weighted by Gasteiger charge is -2.16. The molecule has 0 spiro atoms. The van der Waals surface area contributed by atoms with Gasteiger partial charge in [0.25, 0.3) is 0 Å². The Labute approximate surface area is 161 Å². The Morgan fingerprint density at radius 2 is 1.68 bits per heavy atom. The number of halogens is 2. The van der Waals surface area contributed by atoms with Gasteiger partial charge in [-0.15, -0.1) is 0 Å². The van der Waals surface area contributed by atoms with Gasteiger partial charge < -0.3 is 10.4 Å². The molecule has 5 heteroatoms. The van der Waals surface area contributed by atoms with Crippen molar-refractivity contribution >= 4 is 17.3 Å². The van der Waals surface area contributed by atoms with Gasteiger partial charge in [-0.2, -0.15) is 0 Å². The molecular formula is C23H19F2NO2. The zero-order chi connectivity index (χ0) is 19.8. The topological polar surface area (TPSA) is 49.3 Å². The van der Waals surface area contributed by atoms with Crippen LogP contribution in [-0.4, -0.2) is 11.1 Å². The quantitative estimate of drug-likeness (QED) is 0.550. The second-order valence-corrected chi connectivity index (χ2v) is 7.17. The molecule has 1 saturated carbocycles. The molecule has 0 amide bonds. The van der Waals surface area contributed by atoms with Crippen molar-refractivity contribution in [3.8, 4) is 11.1 Å². The molecule has 0 aromatic heterocycles. The van der Waals surface area contributed by atoms with E-state index in [9.17, 15) is 18.7 Å². The van der Waals surface area contributed by atoms with Crippen LogP contribution in [0.5, 0.6) is 0 Å². The van der Waals surface area contributed by atoms with Crippen molar-refractivity contribution in [1.82, 2.24) is 0 Å². The second kappa shape index (κ2) is 7.08. The number of anilines is 2. The first-order valence-corrected chi connectivity index (χ1v) is 9.12. The van der Waals surface area contributed by atoms with Gasteiger partial charge in [0.1, 0.15) is 11.6 Å². The van der Waals surface area contributed by atoms with Crippen LogP contribution in [0.15, 0.2) is 54.6 Å². The molecule has 0 aliphatic heterocycles. The maximum Gasteiger partial charge on any atom is 0.337 e. The van der Waals surface area contributed by atoms with Gasteiger partial charge in [-0.05, 0) is 78.3 Å². The summed E-state index contributed by atoms with van der Waals surface area (Å²) in [5, 5.41) is 12.6. The molecular weight excluding hydrogens is 360 g/mol. The van der Waals surface area contributed by atoms with E-state index in [0.717, 1.165) is 24.0 Å². The largest absolute Gasteiger partial charge is 0.478 e. The molecule has 3 aromatic rings. The third kappa shape index (κ3) is 3.60. The van der Waals surface area contributed by atoms with Gasteiger partial charge in [0.15, 0.2) is 0 Å². The first-order chi connectivity index (χ1) is 13.4. The molecule has 2 N–H and O–H groups in total. The summed E-state index contributed by atoms with van der Waals surface area (Å²) in [6.07, 6.45) is 2.15. The van der Waals surface area contributed by atoms with E-state index in [-0.39, 0.29) is 17.1 Å². The van der Waals surface area contributed by atoms with Gasteiger partial charge in [0, 0.05) is 0 Å². The van der Waals surface area contributed by atoms with E-state index in [2.05, 4.69) is 5.32 Å². The van der Waals surface area contributed by atoms with E-state index in [4.69, 9.17) is 0 Å². The molecule has 0 radical (unpaired) electrons. The highest BCUT2D eigenvalue weighted by Gasteiger charge is 2.26. The van der Waals surface area contributed by atoms with Crippen molar-refractivity contribution in [3.05, 3.63) is 82.9 Å². The Hall–Kier alpha value is -3.21. The number of aromatic carboxylic acids is 1. The average Bonchev–Trinajstić information content (AvgIpc) is 3.50. The van der Waals surface area contributed by atoms with Gasteiger partial charge in [0.2, 0.25) is 0 Å². The molecule has 0 unspecified atom stereocenters. The highest BCUT2D eigenvalue weighted by atomic mass is 19.1. The summed E-state index contributed by atoms with van der Waals surface area (Å²) in [6, 6.07) is 14.1. The molecule has 142 valence electrons. The molecule has 0 atom stereocenters. The van der Waals surface area contributed by atoms with E-state index in [1.165, 1.54) is 18.2 Å². The van der Waals surface area contributed by atoms with Crippen molar-refractivity contribution in [3.63, 3.8) is 0 Å². The lowest BCUT2D eigenvalue weighted by molar-refractivity contribution is 0.0697. The maximum absolute atomic E-state index is 14.7. The van der Waals surface area contributed by atoms with Gasteiger partial charge in [0.05, 0.1) is 16.9 Å². The Kier molecular flexibility index (Phi) is 4.59. The Balaban J connectivity index is 1.67. The van der Waals surface area contributed by atoms with Crippen LogP contribution in [0.4, 0.5) is 20.2 Å². The molecule has 0 heterocycles. The minimum absolute atomic E-state index is 0.143. The van der Waals surface area contributed by atoms with Crippen LogP contribution in [-0.2, 0) is 0 Å². The Morgan fingerprint density at radius 3 is 2.29 bits per heavy atom. The van der Waals surface area contributed by atoms with Crippen LogP contribution < -0.4 is 5.32 Å². The smallest absolute Gasteiger partial charge is 0.337 e. The SMILES string of the molecule is Cc1cc(C2CC2)cc(C(=O)O)c1Nc1ccc(-c2ccc(F)cc2)cc1F.